The predicted molar refractivity (Wildman–Crippen MR) is 122 cm³/mol. The van der Waals surface area contributed by atoms with Crippen LogP contribution in [0, 0.1) is 0 Å². The van der Waals surface area contributed by atoms with Gasteiger partial charge in [0, 0.05) is 23.2 Å². The van der Waals surface area contributed by atoms with Crippen molar-refractivity contribution in [3.8, 4) is 22.3 Å². The van der Waals surface area contributed by atoms with Gasteiger partial charge < -0.3 is 10.2 Å². The summed E-state index contributed by atoms with van der Waals surface area (Å²) in [5.74, 6) is -1.93. The van der Waals surface area contributed by atoms with Gasteiger partial charge in [-0.3, -0.25) is 9.97 Å². The van der Waals surface area contributed by atoms with Gasteiger partial charge in [-0.2, -0.15) is 0 Å². The van der Waals surface area contributed by atoms with E-state index in [0.717, 1.165) is 44.1 Å². The van der Waals surface area contributed by atoms with Crippen molar-refractivity contribution in [1.82, 2.24) is 9.97 Å². The van der Waals surface area contributed by atoms with Gasteiger partial charge in [0.2, 0.25) is 0 Å². The van der Waals surface area contributed by atoms with Crippen LogP contribution in [0.25, 0.3) is 44.1 Å². The Morgan fingerprint density at radius 3 is 1.25 bits per heavy atom. The largest absolute Gasteiger partial charge is 0.478 e. The molecule has 0 atom stereocenters. The minimum absolute atomic E-state index is 0.234. The molecule has 3 aromatic carbocycles. The molecular formula is C26H16N2O4. The number of carboxylic acid groups (broad SMARTS) is 2. The number of fused-ring (bicyclic) bond motifs is 3. The first kappa shape index (κ1) is 19.4. The topological polar surface area (TPSA) is 100 Å². The van der Waals surface area contributed by atoms with Gasteiger partial charge in [0.1, 0.15) is 0 Å². The highest BCUT2D eigenvalue weighted by molar-refractivity contribution is 6.11. The number of hydrogen-bond donors (Lipinski definition) is 2. The Balaban J connectivity index is 1.68. The molecule has 0 aliphatic rings. The van der Waals surface area contributed by atoms with E-state index in [1.54, 1.807) is 60.9 Å². The zero-order valence-corrected chi connectivity index (χ0v) is 16.7. The minimum Gasteiger partial charge on any atom is -0.478 e. The van der Waals surface area contributed by atoms with E-state index in [2.05, 4.69) is 9.97 Å². The zero-order valence-electron chi connectivity index (χ0n) is 16.7. The lowest BCUT2D eigenvalue weighted by molar-refractivity contribution is 0.0686. The molecule has 32 heavy (non-hydrogen) atoms. The standard InChI is InChI=1S/C26H16N2O4/c29-25(30)17-5-1-15(2-6-17)19-11-13-27-23-21(19)9-10-22-20(12-14-28-24(22)23)16-3-7-18(8-4-16)26(31)32/h1-14H,(H,29,30)(H,31,32). The van der Waals surface area contributed by atoms with Crippen LogP contribution in [0.5, 0.6) is 0 Å². The lowest BCUT2D eigenvalue weighted by Crippen LogP contribution is -1.96. The van der Waals surface area contributed by atoms with Crippen LogP contribution in [0.1, 0.15) is 20.7 Å². The average molecular weight is 420 g/mol. The van der Waals surface area contributed by atoms with Gasteiger partial charge in [0.25, 0.3) is 0 Å². The lowest BCUT2D eigenvalue weighted by atomic mass is 9.96. The average Bonchev–Trinajstić information content (AvgIpc) is 2.83. The van der Waals surface area contributed by atoms with Crippen LogP contribution >= 0.6 is 0 Å². The molecule has 0 saturated carbocycles. The van der Waals surface area contributed by atoms with Crippen molar-refractivity contribution in [3.05, 3.63) is 96.3 Å². The molecule has 0 bridgehead atoms. The molecule has 6 heteroatoms. The smallest absolute Gasteiger partial charge is 0.335 e. The molecule has 6 nitrogen and oxygen atoms in total. The molecule has 2 heterocycles. The van der Waals surface area contributed by atoms with Gasteiger partial charge in [-0.1, -0.05) is 36.4 Å². The van der Waals surface area contributed by atoms with Crippen molar-refractivity contribution in [3.63, 3.8) is 0 Å². The van der Waals surface area contributed by atoms with Crippen LogP contribution in [-0.2, 0) is 0 Å². The van der Waals surface area contributed by atoms with Gasteiger partial charge in [-0.05, 0) is 58.7 Å². The normalized spacial score (nSPS) is 11.0. The summed E-state index contributed by atoms with van der Waals surface area (Å²) < 4.78 is 0. The summed E-state index contributed by atoms with van der Waals surface area (Å²) in [5.41, 5.74) is 5.61. The maximum Gasteiger partial charge on any atom is 0.335 e. The molecule has 5 rings (SSSR count). The van der Waals surface area contributed by atoms with Crippen LogP contribution in [0.3, 0.4) is 0 Å². The van der Waals surface area contributed by atoms with Gasteiger partial charge in [-0.15, -0.1) is 0 Å². The number of rotatable bonds is 4. The molecule has 2 aromatic heterocycles. The van der Waals surface area contributed by atoms with Crippen LogP contribution in [0.15, 0.2) is 85.2 Å². The summed E-state index contributed by atoms with van der Waals surface area (Å²) in [7, 11) is 0. The first-order valence-corrected chi connectivity index (χ1v) is 9.87. The third-order valence-electron chi connectivity index (χ3n) is 5.51. The molecule has 0 amide bonds. The molecule has 154 valence electrons. The van der Waals surface area contributed by atoms with Crippen LogP contribution in [0.4, 0.5) is 0 Å². The second-order valence-electron chi connectivity index (χ2n) is 7.34. The van der Waals surface area contributed by atoms with E-state index < -0.39 is 11.9 Å². The van der Waals surface area contributed by atoms with Crippen molar-refractivity contribution < 1.29 is 19.8 Å². The number of carbonyl (C=O) groups is 2. The first-order valence-electron chi connectivity index (χ1n) is 9.87. The number of benzene rings is 3. The van der Waals surface area contributed by atoms with E-state index in [4.69, 9.17) is 10.2 Å². The highest BCUT2D eigenvalue weighted by Crippen LogP contribution is 2.35. The second kappa shape index (κ2) is 7.59. The number of nitrogens with zero attached hydrogens (tertiary/aromatic N) is 2. The number of pyridine rings is 2. The van der Waals surface area contributed by atoms with E-state index in [-0.39, 0.29) is 11.1 Å². The van der Waals surface area contributed by atoms with Crippen molar-refractivity contribution in [2.75, 3.05) is 0 Å². The summed E-state index contributed by atoms with van der Waals surface area (Å²) in [4.78, 5) is 31.5. The zero-order chi connectivity index (χ0) is 22.2. The van der Waals surface area contributed by atoms with Crippen molar-refractivity contribution in [1.29, 1.82) is 0 Å². The summed E-state index contributed by atoms with van der Waals surface area (Å²) in [6.45, 7) is 0. The third-order valence-corrected chi connectivity index (χ3v) is 5.51. The van der Waals surface area contributed by atoms with Crippen LogP contribution in [0.2, 0.25) is 0 Å². The van der Waals surface area contributed by atoms with Gasteiger partial charge >= 0.3 is 11.9 Å². The fourth-order valence-electron chi connectivity index (χ4n) is 3.92. The monoisotopic (exact) mass is 420 g/mol. The molecule has 0 aliphatic heterocycles. The van der Waals surface area contributed by atoms with E-state index in [0.29, 0.717) is 0 Å². The molecule has 0 saturated heterocycles. The summed E-state index contributed by atoms with van der Waals surface area (Å²) in [6, 6.07) is 21.3. The Labute approximate surface area is 182 Å². The molecule has 0 radical (unpaired) electrons. The lowest BCUT2D eigenvalue weighted by Gasteiger charge is -2.11. The van der Waals surface area contributed by atoms with Gasteiger partial charge in [0.15, 0.2) is 0 Å². The first-order chi connectivity index (χ1) is 15.5. The van der Waals surface area contributed by atoms with E-state index in [9.17, 15) is 9.59 Å². The Bertz CT molecular complexity index is 1390. The number of aromatic nitrogens is 2. The molecule has 5 aromatic rings. The fraction of sp³-hybridized carbons (Fsp3) is 0. The Morgan fingerprint density at radius 2 is 0.906 bits per heavy atom. The van der Waals surface area contributed by atoms with Crippen LogP contribution < -0.4 is 0 Å². The molecule has 0 unspecified atom stereocenters. The fourth-order valence-corrected chi connectivity index (χ4v) is 3.92. The van der Waals surface area contributed by atoms with E-state index in [1.165, 1.54) is 0 Å². The van der Waals surface area contributed by atoms with E-state index in [1.807, 2.05) is 24.3 Å². The third kappa shape index (κ3) is 3.24. The quantitative estimate of drug-likeness (QED) is 0.372. The number of carboxylic acids is 2. The molecule has 2 N–H and O–H groups in total. The maximum absolute atomic E-state index is 11.2. The maximum atomic E-state index is 11.2. The van der Waals surface area contributed by atoms with Crippen molar-refractivity contribution in [2.24, 2.45) is 0 Å². The van der Waals surface area contributed by atoms with E-state index >= 15 is 0 Å². The van der Waals surface area contributed by atoms with Gasteiger partial charge in [-0.25, -0.2) is 9.59 Å². The Hall–Kier alpha value is -4.58. The number of hydrogen-bond acceptors (Lipinski definition) is 4. The SMILES string of the molecule is O=C(O)c1ccc(-c2ccnc3c2ccc2c(-c4ccc(C(=O)O)cc4)ccnc23)cc1. The molecule has 0 spiro atoms. The minimum atomic E-state index is -0.963. The second-order valence-corrected chi connectivity index (χ2v) is 7.34. The summed E-state index contributed by atoms with van der Waals surface area (Å²) >= 11 is 0. The Kier molecular flexibility index (Phi) is 4.60. The predicted octanol–water partition coefficient (Wildman–Crippen LogP) is 5.51. The number of aromatic carboxylic acids is 2. The summed E-state index contributed by atoms with van der Waals surface area (Å²) in [6.07, 6.45) is 3.44. The van der Waals surface area contributed by atoms with Gasteiger partial charge in [0.05, 0.1) is 22.2 Å². The van der Waals surface area contributed by atoms with Crippen LogP contribution in [-0.4, -0.2) is 32.1 Å². The Morgan fingerprint density at radius 1 is 0.531 bits per heavy atom. The highest BCUT2D eigenvalue weighted by Gasteiger charge is 2.13. The highest BCUT2D eigenvalue weighted by atomic mass is 16.4. The molecular weight excluding hydrogens is 404 g/mol. The summed E-state index contributed by atoms with van der Waals surface area (Å²) in [5, 5.41) is 20.1. The van der Waals surface area contributed by atoms with Crippen molar-refractivity contribution in [2.45, 2.75) is 0 Å². The molecule has 0 aliphatic carbocycles. The van der Waals surface area contributed by atoms with Crippen molar-refractivity contribution >= 4 is 33.7 Å². The molecule has 0 fully saturated rings.